The van der Waals surface area contributed by atoms with Gasteiger partial charge in [0.25, 0.3) is 0 Å². The van der Waals surface area contributed by atoms with Gasteiger partial charge in [0.15, 0.2) is 11.6 Å². The second-order valence-electron chi connectivity index (χ2n) is 6.72. The summed E-state index contributed by atoms with van der Waals surface area (Å²) < 4.78 is 13.1. The van der Waals surface area contributed by atoms with Crippen LogP contribution in [0.3, 0.4) is 0 Å². The Labute approximate surface area is 195 Å². The lowest BCUT2D eigenvalue weighted by atomic mass is 10.1. The molecule has 0 radical (unpaired) electrons. The van der Waals surface area contributed by atoms with Gasteiger partial charge in [-0.25, -0.2) is 0 Å². The molecule has 0 fully saturated rings. The third-order valence-electron chi connectivity index (χ3n) is 4.64. The lowest BCUT2D eigenvalue weighted by Gasteiger charge is -2.13. The number of aromatic nitrogens is 3. The summed E-state index contributed by atoms with van der Waals surface area (Å²) in [5.74, 6) is 2.50. The summed E-state index contributed by atoms with van der Waals surface area (Å²) in [6, 6.07) is 20.9. The molecular formula is C23H18Cl3N3O2. The van der Waals surface area contributed by atoms with E-state index in [1.807, 2.05) is 47.0 Å². The van der Waals surface area contributed by atoms with E-state index in [1.54, 1.807) is 19.2 Å². The van der Waals surface area contributed by atoms with Crippen LogP contribution in [0.4, 0.5) is 0 Å². The first kappa shape index (κ1) is 21.5. The zero-order valence-corrected chi connectivity index (χ0v) is 18.8. The van der Waals surface area contributed by atoms with Gasteiger partial charge in [-0.05, 0) is 42.0 Å². The van der Waals surface area contributed by atoms with E-state index in [4.69, 9.17) is 44.3 Å². The van der Waals surface area contributed by atoms with Gasteiger partial charge in [0, 0.05) is 17.1 Å². The van der Waals surface area contributed by atoms with Crippen molar-refractivity contribution in [1.82, 2.24) is 14.8 Å². The zero-order valence-electron chi connectivity index (χ0n) is 16.6. The Morgan fingerprint density at radius 2 is 1.48 bits per heavy atom. The molecule has 0 saturated carbocycles. The minimum atomic E-state index is 0.120. The van der Waals surface area contributed by atoms with E-state index in [0.717, 1.165) is 22.8 Å². The highest BCUT2D eigenvalue weighted by molar-refractivity contribution is 6.40. The Balaban J connectivity index is 1.68. The van der Waals surface area contributed by atoms with Gasteiger partial charge in [-0.2, -0.15) is 0 Å². The largest absolute Gasteiger partial charge is 0.497 e. The summed E-state index contributed by atoms with van der Waals surface area (Å²) in [6.07, 6.45) is 0.613. The van der Waals surface area contributed by atoms with Crippen LogP contribution in [0.25, 0.3) is 5.69 Å². The molecule has 3 aromatic carbocycles. The monoisotopic (exact) mass is 473 g/mol. The molecule has 158 valence electrons. The van der Waals surface area contributed by atoms with Gasteiger partial charge >= 0.3 is 0 Å². The molecular weight excluding hydrogens is 457 g/mol. The molecule has 31 heavy (non-hydrogen) atoms. The van der Waals surface area contributed by atoms with Crippen LogP contribution in [0.5, 0.6) is 11.5 Å². The van der Waals surface area contributed by atoms with Crippen LogP contribution in [0, 0.1) is 0 Å². The molecule has 0 atom stereocenters. The van der Waals surface area contributed by atoms with Gasteiger partial charge in [0.05, 0.1) is 17.2 Å². The van der Waals surface area contributed by atoms with E-state index in [-0.39, 0.29) is 6.61 Å². The molecule has 5 nitrogen and oxygen atoms in total. The number of halogens is 3. The third-order valence-corrected chi connectivity index (χ3v) is 5.42. The molecule has 1 heterocycles. The van der Waals surface area contributed by atoms with Crippen LogP contribution in [0.1, 0.15) is 17.2 Å². The van der Waals surface area contributed by atoms with Crippen LogP contribution in [0.2, 0.25) is 15.1 Å². The van der Waals surface area contributed by atoms with Gasteiger partial charge in [0.2, 0.25) is 0 Å². The van der Waals surface area contributed by atoms with E-state index in [1.165, 1.54) is 0 Å². The lowest BCUT2D eigenvalue weighted by Crippen LogP contribution is -2.09. The summed E-state index contributed by atoms with van der Waals surface area (Å²) in [6.45, 7) is 0.120. The Morgan fingerprint density at radius 3 is 2.13 bits per heavy atom. The first-order valence-electron chi connectivity index (χ1n) is 9.44. The predicted octanol–water partition coefficient (Wildman–Crippen LogP) is 6.41. The zero-order chi connectivity index (χ0) is 21.8. The maximum atomic E-state index is 6.25. The molecule has 0 saturated heterocycles. The Bertz CT molecular complexity index is 1160. The maximum Gasteiger partial charge on any atom is 0.175 e. The summed E-state index contributed by atoms with van der Waals surface area (Å²) in [5, 5.41) is 9.88. The molecule has 4 aromatic rings. The number of nitrogens with zero attached hydrogens (tertiary/aromatic N) is 3. The van der Waals surface area contributed by atoms with Gasteiger partial charge in [-0.15, -0.1) is 10.2 Å². The average molecular weight is 475 g/mol. The van der Waals surface area contributed by atoms with Gasteiger partial charge in [0.1, 0.15) is 18.2 Å². The first-order valence-corrected chi connectivity index (χ1v) is 10.6. The number of methoxy groups -OCH3 is 1. The second-order valence-corrected chi connectivity index (χ2v) is 7.97. The number of hydrogen-bond donors (Lipinski definition) is 0. The fourth-order valence-corrected chi connectivity index (χ4v) is 4.10. The number of benzene rings is 3. The maximum absolute atomic E-state index is 6.25. The van der Waals surface area contributed by atoms with E-state index in [2.05, 4.69) is 22.3 Å². The van der Waals surface area contributed by atoms with E-state index in [0.29, 0.717) is 33.1 Å². The molecule has 0 aliphatic carbocycles. The first-order chi connectivity index (χ1) is 15.0. The Morgan fingerprint density at radius 1 is 0.839 bits per heavy atom. The van der Waals surface area contributed by atoms with E-state index < -0.39 is 0 Å². The molecule has 0 bridgehead atoms. The molecule has 0 unspecified atom stereocenters. The molecule has 8 heteroatoms. The van der Waals surface area contributed by atoms with Crippen molar-refractivity contribution in [3.8, 4) is 17.2 Å². The van der Waals surface area contributed by atoms with Crippen molar-refractivity contribution in [2.75, 3.05) is 7.11 Å². The van der Waals surface area contributed by atoms with Crippen molar-refractivity contribution < 1.29 is 9.47 Å². The van der Waals surface area contributed by atoms with Crippen LogP contribution in [-0.4, -0.2) is 21.9 Å². The second kappa shape index (κ2) is 9.60. The standard InChI is InChI=1S/C23H18Cl3N3O2/c1-30-18-9-7-17(8-10-18)29-21(11-15-5-3-2-4-6-15)27-28-22(29)14-31-23-19(25)12-16(24)13-20(23)26/h2-10,12-13H,11,14H2,1H3. The smallest absolute Gasteiger partial charge is 0.175 e. The van der Waals surface area contributed by atoms with E-state index in [9.17, 15) is 0 Å². The van der Waals surface area contributed by atoms with Crippen molar-refractivity contribution in [2.24, 2.45) is 0 Å². The van der Waals surface area contributed by atoms with Crippen molar-refractivity contribution in [2.45, 2.75) is 13.0 Å². The molecule has 0 amide bonds. The molecule has 0 aliphatic rings. The molecule has 0 aliphatic heterocycles. The van der Waals surface area contributed by atoms with Gasteiger partial charge < -0.3 is 9.47 Å². The number of ether oxygens (including phenoxy) is 2. The Hall–Kier alpha value is -2.73. The fourth-order valence-electron chi connectivity index (χ4n) is 3.17. The summed E-state index contributed by atoms with van der Waals surface area (Å²) in [4.78, 5) is 0. The van der Waals surface area contributed by atoms with Crippen molar-refractivity contribution in [1.29, 1.82) is 0 Å². The quantitative estimate of drug-likeness (QED) is 0.311. The van der Waals surface area contributed by atoms with Crippen molar-refractivity contribution in [3.63, 3.8) is 0 Å². The minimum absolute atomic E-state index is 0.120. The third kappa shape index (κ3) is 4.96. The van der Waals surface area contributed by atoms with Crippen LogP contribution in [0.15, 0.2) is 66.7 Å². The molecule has 0 spiro atoms. The summed E-state index contributed by atoms with van der Waals surface area (Å²) in [5.41, 5.74) is 2.02. The Kier molecular flexibility index (Phi) is 6.66. The minimum Gasteiger partial charge on any atom is -0.497 e. The van der Waals surface area contributed by atoms with Crippen LogP contribution < -0.4 is 9.47 Å². The molecule has 1 aromatic heterocycles. The summed E-state index contributed by atoms with van der Waals surface area (Å²) in [7, 11) is 1.63. The van der Waals surface area contributed by atoms with Gasteiger partial charge in [-0.3, -0.25) is 4.57 Å². The van der Waals surface area contributed by atoms with Crippen LogP contribution in [-0.2, 0) is 13.0 Å². The van der Waals surface area contributed by atoms with Crippen molar-refractivity contribution >= 4 is 34.8 Å². The predicted molar refractivity (Wildman–Crippen MR) is 123 cm³/mol. The number of hydrogen-bond acceptors (Lipinski definition) is 4. The lowest BCUT2D eigenvalue weighted by molar-refractivity contribution is 0.293. The average Bonchev–Trinajstić information content (AvgIpc) is 3.16. The number of rotatable bonds is 7. The van der Waals surface area contributed by atoms with Gasteiger partial charge in [-0.1, -0.05) is 65.1 Å². The summed E-state index contributed by atoms with van der Waals surface area (Å²) >= 11 is 18.5. The van der Waals surface area contributed by atoms with Crippen molar-refractivity contribution in [3.05, 3.63) is 99.0 Å². The highest BCUT2D eigenvalue weighted by Gasteiger charge is 2.17. The normalized spacial score (nSPS) is 10.8. The SMILES string of the molecule is COc1ccc(-n2c(COc3c(Cl)cc(Cl)cc3Cl)nnc2Cc2ccccc2)cc1. The highest BCUT2D eigenvalue weighted by atomic mass is 35.5. The van der Waals surface area contributed by atoms with Crippen LogP contribution >= 0.6 is 34.8 Å². The molecule has 4 rings (SSSR count). The topological polar surface area (TPSA) is 49.2 Å². The fraction of sp³-hybridized carbons (Fsp3) is 0.130. The molecule has 0 N–H and O–H groups in total. The van der Waals surface area contributed by atoms with E-state index >= 15 is 0 Å². The highest BCUT2D eigenvalue weighted by Crippen LogP contribution is 2.36.